The molecule has 0 saturated carbocycles. The molecule has 11 heteroatoms. The summed E-state index contributed by atoms with van der Waals surface area (Å²) >= 11 is 0. The number of esters is 2. The maximum atomic E-state index is 12.7. The molecule has 0 aromatic carbocycles. The fourth-order valence-corrected chi connectivity index (χ4v) is 7.99. The third-order valence-electron chi connectivity index (χ3n) is 11.1. The summed E-state index contributed by atoms with van der Waals surface area (Å²) in [5.74, 6) is -0.914. The lowest BCUT2D eigenvalue weighted by atomic mass is 10.0. The molecule has 0 aliphatic rings. The zero-order valence-electron chi connectivity index (χ0n) is 39.4. The molecule has 0 aromatic rings. The van der Waals surface area contributed by atoms with Gasteiger partial charge in [0.2, 0.25) is 0 Å². The quantitative estimate of drug-likeness (QED) is 0.0233. The monoisotopic (exact) mass is 887 g/mol. The first-order chi connectivity index (χ1) is 29.7. The Morgan fingerprint density at radius 2 is 0.852 bits per heavy atom. The van der Waals surface area contributed by atoms with E-state index in [0.717, 1.165) is 44.9 Å². The van der Waals surface area contributed by atoms with Gasteiger partial charge in [-0.2, -0.15) is 0 Å². The van der Waals surface area contributed by atoms with Crippen molar-refractivity contribution >= 4 is 19.8 Å². The van der Waals surface area contributed by atoms with Crippen LogP contribution in [-0.2, 0) is 32.7 Å². The van der Waals surface area contributed by atoms with Crippen molar-refractivity contribution in [2.24, 2.45) is 0 Å². The van der Waals surface area contributed by atoms with Gasteiger partial charge in [0.15, 0.2) is 6.10 Å². The Morgan fingerprint density at radius 1 is 0.492 bits per heavy atom. The Bertz CT molecular complexity index is 1070. The molecule has 0 saturated heterocycles. The van der Waals surface area contributed by atoms with E-state index in [0.29, 0.717) is 12.8 Å². The number of carbonyl (C=O) groups is 2. The number of phosphoric ester groups is 1. The van der Waals surface area contributed by atoms with Crippen molar-refractivity contribution in [2.45, 2.75) is 257 Å². The molecule has 360 valence electrons. The molecule has 10 nitrogen and oxygen atoms in total. The number of carbonyl (C=O) groups excluding carboxylic acids is 2. The molecule has 0 aliphatic heterocycles. The van der Waals surface area contributed by atoms with Crippen molar-refractivity contribution in [1.29, 1.82) is 0 Å². The molecule has 0 amide bonds. The summed E-state index contributed by atoms with van der Waals surface area (Å²) in [6.07, 6.45) is 48.6. The van der Waals surface area contributed by atoms with Gasteiger partial charge in [0, 0.05) is 12.8 Å². The van der Waals surface area contributed by atoms with Gasteiger partial charge < -0.3 is 24.6 Å². The molecular formula is C50H95O10P. The molecule has 0 radical (unpaired) electrons. The minimum Gasteiger partial charge on any atom is -0.462 e. The normalized spacial score (nSPS) is 13.9. The molecular weight excluding hydrogens is 792 g/mol. The van der Waals surface area contributed by atoms with Crippen LogP contribution in [-0.4, -0.2) is 65.7 Å². The molecule has 0 fully saturated rings. The van der Waals surface area contributed by atoms with Crippen LogP contribution in [0.2, 0.25) is 0 Å². The van der Waals surface area contributed by atoms with E-state index in [9.17, 15) is 24.2 Å². The molecule has 3 atom stereocenters. The van der Waals surface area contributed by atoms with Gasteiger partial charge in [0.1, 0.15) is 12.7 Å². The molecule has 61 heavy (non-hydrogen) atoms. The first-order valence-corrected chi connectivity index (χ1v) is 26.8. The van der Waals surface area contributed by atoms with Gasteiger partial charge in [-0.05, 0) is 44.9 Å². The van der Waals surface area contributed by atoms with Gasteiger partial charge in [-0.3, -0.25) is 18.6 Å². The second kappa shape index (κ2) is 46.4. The Kier molecular flexibility index (Phi) is 45.3. The van der Waals surface area contributed by atoms with Gasteiger partial charge in [-0.1, -0.05) is 212 Å². The lowest BCUT2D eigenvalue weighted by molar-refractivity contribution is -0.161. The van der Waals surface area contributed by atoms with Crippen LogP contribution in [0.25, 0.3) is 0 Å². The number of aliphatic hydroxyl groups excluding tert-OH is 2. The summed E-state index contributed by atoms with van der Waals surface area (Å²) in [6, 6.07) is 0. The van der Waals surface area contributed by atoms with E-state index >= 15 is 0 Å². The van der Waals surface area contributed by atoms with Crippen molar-refractivity contribution in [1.82, 2.24) is 0 Å². The van der Waals surface area contributed by atoms with Crippen molar-refractivity contribution in [3.05, 3.63) is 24.3 Å². The Balaban J connectivity index is 4.15. The van der Waals surface area contributed by atoms with E-state index in [4.69, 9.17) is 23.6 Å². The summed E-state index contributed by atoms with van der Waals surface area (Å²) in [7, 11) is -4.62. The van der Waals surface area contributed by atoms with Crippen LogP contribution in [0, 0.1) is 0 Å². The van der Waals surface area contributed by atoms with E-state index in [1.165, 1.54) is 161 Å². The zero-order chi connectivity index (χ0) is 44.8. The van der Waals surface area contributed by atoms with Crippen molar-refractivity contribution in [3.63, 3.8) is 0 Å². The fourth-order valence-electron chi connectivity index (χ4n) is 7.20. The topological polar surface area (TPSA) is 149 Å². The third kappa shape index (κ3) is 46.3. The highest BCUT2D eigenvalue weighted by atomic mass is 31.2. The summed E-state index contributed by atoms with van der Waals surface area (Å²) in [5.41, 5.74) is 0. The number of hydrogen-bond donors (Lipinski definition) is 3. The molecule has 0 aliphatic carbocycles. The highest BCUT2D eigenvalue weighted by Crippen LogP contribution is 2.43. The van der Waals surface area contributed by atoms with E-state index in [1.54, 1.807) is 0 Å². The van der Waals surface area contributed by atoms with E-state index in [2.05, 4.69) is 38.2 Å². The second-order valence-electron chi connectivity index (χ2n) is 17.2. The van der Waals surface area contributed by atoms with Gasteiger partial charge in [-0.15, -0.1) is 0 Å². The van der Waals surface area contributed by atoms with E-state index in [-0.39, 0.29) is 19.4 Å². The first-order valence-electron chi connectivity index (χ1n) is 25.3. The lowest BCUT2D eigenvalue weighted by Gasteiger charge is -2.20. The van der Waals surface area contributed by atoms with Crippen molar-refractivity contribution in [3.8, 4) is 0 Å². The molecule has 3 N–H and O–H groups in total. The van der Waals surface area contributed by atoms with Crippen LogP contribution >= 0.6 is 7.82 Å². The summed E-state index contributed by atoms with van der Waals surface area (Å²) in [5, 5.41) is 18.4. The van der Waals surface area contributed by atoms with Gasteiger partial charge in [-0.25, -0.2) is 4.57 Å². The number of rotatable bonds is 48. The molecule has 0 spiro atoms. The molecule has 0 aromatic heterocycles. The maximum Gasteiger partial charge on any atom is 0.472 e. The zero-order valence-corrected chi connectivity index (χ0v) is 40.3. The average Bonchev–Trinajstić information content (AvgIpc) is 3.25. The fraction of sp³-hybridized carbons (Fsp3) is 0.880. The molecule has 0 rings (SSSR count). The number of allylic oxidation sites excluding steroid dienone is 4. The Hall–Kier alpha value is -1.55. The van der Waals surface area contributed by atoms with Crippen LogP contribution in [0.1, 0.15) is 245 Å². The lowest BCUT2D eigenvalue weighted by Crippen LogP contribution is -2.29. The van der Waals surface area contributed by atoms with Gasteiger partial charge in [0.05, 0.1) is 19.8 Å². The number of aliphatic hydroxyl groups is 2. The number of hydrogen-bond acceptors (Lipinski definition) is 9. The molecule has 0 bridgehead atoms. The first kappa shape index (κ1) is 59.5. The van der Waals surface area contributed by atoms with Gasteiger partial charge >= 0.3 is 19.8 Å². The van der Waals surface area contributed by atoms with Crippen LogP contribution in [0.5, 0.6) is 0 Å². The summed E-state index contributed by atoms with van der Waals surface area (Å²) < 4.78 is 32.9. The number of ether oxygens (including phenoxy) is 2. The molecule has 3 unspecified atom stereocenters. The number of unbranched alkanes of at least 4 members (excludes halogenated alkanes) is 30. The Labute approximate surface area is 374 Å². The van der Waals surface area contributed by atoms with Crippen LogP contribution in [0.15, 0.2) is 24.3 Å². The Morgan fingerprint density at radius 3 is 1.26 bits per heavy atom. The van der Waals surface area contributed by atoms with Crippen molar-refractivity contribution < 1.29 is 47.8 Å². The van der Waals surface area contributed by atoms with Crippen LogP contribution < -0.4 is 0 Å². The minimum absolute atomic E-state index is 0.185. The van der Waals surface area contributed by atoms with E-state index in [1.807, 2.05) is 0 Å². The second-order valence-corrected chi connectivity index (χ2v) is 18.7. The maximum absolute atomic E-state index is 12.7. The largest absolute Gasteiger partial charge is 0.472 e. The number of phosphoric acid groups is 1. The summed E-state index contributed by atoms with van der Waals surface area (Å²) in [6.45, 7) is 2.41. The minimum atomic E-state index is -4.62. The average molecular weight is 887 g/mol. The van der Waals surface area contributed by atoms with Crippen LogP contribution in [0.4, 0.5) is 0 Å². The SMILES string of the molecule is CCCCCCC/C=C\C/C=C\CCCCCCCCCCCCCC(=O)OC(COC(=O)CCCCCCCCCCCCCCCCC)COP(=O)(O)OCC(O)CO. The standard InChI is InChI=1S/C50H95O10P/c1-3-5-7-9-11-13-15-17-19-20-21-22-23-24-25-26-28-30-32-34-36-38-40-42-50(54)60-48(46-59-61(55,56)58-44-47(52)43-51)45-57-49(53)41-39-37-35-33-31-29-27-18-16-14-12-10-8-6-4-2/h15,17,20-21,47-48,51-52H,3-14,16,18-19,22-46H2,1-2H3,(H,55,56)/b17-15-,21-20-. The van der Waals surface area contributed by atoms with Gasteiger partial charge in [0.25, 0.3) is 0 Å². The highest BCUT2D eigenvalue weighted by molar-refractivity contribution is 7.47. The van der Waals surface area contributed by atoms with Crippen molar-refractivity contribution in [2.75, 3.05) is 26.4 Å². The van der Waals surface area contributed by atoms with E-state index < -0.39 is 51.8 Å². The predicted octanol–water partition coefficient (Wildman–Crippen LogP) is 14.1. The molecule has 0 heterocycles. The predicted molar refractivity (Wildman–Crippen MR) is 252 cm³/mol. The smallest absolute Gasteiger partial charge is 0.462 e. The highest BCUT2D eigenvalue weighted by Gasteiger charge is 2.27. The van der Waals surface area contributed by atoms with Crippen LogP contribution in [0.3, 0.4) is 0 Å². The summed E-state index contributed by atoms with van der Waals surface area (Å²) in [4.78, 5) is 35.1. The third-order valence-corrected chi connectivity index (χ3v) is 12.1.